The van der Waals surface area contributed by atoms with Crippen LogP contribution in [0.5, 0.6) is 0 Å². The maximum Gasteiger partial charge on any atom is 0.116 e. The Morgan fingerprint density at radius 1 is 1.50 bits per heavy atom. The third-order valence-electron chi connectivity index (χ3n) is 2.19. The smallest absolute Gasteiger partial charge is 0.116 e. The van der Waals surface area contributed by atoms with E-state index in [4.69, 9.17) is 0 Å². The lowest BCUT2D eigenvalue weighted by molar-refractivity contribution is 0.269. The highest BCUT2D eigenvalue weighted by atomic mass is 19.1. The highest BCUT2D eigenvalue weighted by Gasteiger charge is 2.25. The van der Waals surface area contributed by atoms with Crippen LogP contribution in [0.1, 0.15) is 26.2 Å². The van der Waals surface area contributed by atoms with E-state index in [-0.39, 0.29) is 0 Å². The van der Waals surface area contributed by atoms with Gasteiger partial charge in [0.25, 0.3) is 0 Å². The van der Waals surface area contributed by atoms with Gasteiger partial charge in [-0.2, -0.15) is 0 Å². The number of alkyl halides is 1. The van der Waals surface area contributed by atoms with Crippen molar-refractivity contribution >= 4 is 0 Å². The molecule has 1 fully saturated rings. The lowest BCUT2D eigenvalue weighted by Gasteiger charge is -2.09. The summed E-state index contributed by atoms with van der Waals surface area (Å²) >= 11 is 0. The summed E-state index contributed by atoms with van der Waals surface area (Å²) < 4.78 is 12.8. The lowest BCUT2D eigenvalue weighted by atomic mass is 10.0. The van der Waals surface area contributed by atoms with Crippen molar-refractivity contribution in [3.8, 4) is 0 Å². The van der Waals surface area contributed by atoms with Gasteiger partial charge in [0.05, 0.1) is 0 Å². The molecule has 0 aromatic rings. The van der Waals surface area contributed by atoms with Crippen LogP contribution in [0.15, 0.2) is 0 Å². The van der Waals surface area contributed by atoms with Crippen molar-refractivity contribution in [2.24, 2.45) is 5.92 Å². The van der Waals surface area contributed by atoms with Crippen LogP contribution in [0.25, 0.3) is 0 Å². The Morgan fingerprint density at radius 3 is 2.80 bits per heavy atom. The number of hydrogen-bond donors (Lipinski definition) is 1. The fourth-order valence-electron chi connectivity index (χ4n) is 1.45. The molecule has 1 aliphatic heterocycles. The van der Waals surface area contributed by atoms with Crippen LogP contribution in [0.4, 0.5) is 4.39 Å². The minimum absolute atomic E-state index is 0.306. The molecule has 0 unspecified atom stereocenters. The molecule has 2 heteroatoms. The van der Waals surface area contributed by atoms with Gasteiger partial charge in [-0.25, -0.2) is 4.39 Å². The Balaban J connectivity index is 2.14. The lowest BCUT2D eigenvalue weighted by Crippen LogP contribution is -2.12. The Morgan fingerprint density at radius 2 is 2.30 bits per heavy atom. The molecule has 1 rings (SSSR count). The topological polar surface area (TPSA) is 12.0 Å². The summed E-state index contributed by atoms with van der Waals surface area (Å²) in [5.41, 5.74) is 0. The standard InChI is InChI=1S/C8H16FN/c1-2-3-4-7-5-10-6-8(7)9/h7-8,10H,2-6H2,1H3/t7-,8+/m0/s1. The molecular weight excluding hydrogens is 129 g/mol. The van der Waals surface area contributed by atoms with Gasteiger partial charge in [0, 0.05) is 19.0 Å². The number of rotatable bonds is 3. The summed E-state index contributed by atoms with van der Waals surface area (Å²) in [6.07, 6.45) is 2.84. The van der Waals surface area contributed by atoms with Gasteiger partial charge in [0.1, 0.15) is 6.17 Å². The van der Waals surface area contributed by atoms with E-state index in [0.29, 0.717) is 12.5 Å². The zero-order valence-electron chi connectivity index (χ0n) is 6.57. The Labute approximate surface area is 62.0 Å². The molecule has 1 aliphatic rings. The second kappa shape index (κ2) is 3.91. The van der Waals surface area contributed by atoms with Crippen molar-refractivity contribution in [2.75, 3.05) is 13.1 Å². The van der Waals surface area contributed by atoms with Crippen LogP contribution in [0.3, 0.4) is 0 Å². The molecule has 10 heavy (non-hydrogen) atoms. The minimum Gasteiger partial charge on any atom is -0.313 e. The summed E-state index contributed by atoms with van der Waals surface area (Å²) in [4.78, 5) is 0. The zero-order chi connectivity index (χ0) is 7.40. The summed E-state index contributed by atoms with van der Waals surface area (Å²) in [7, 11) is 0. The van der Waals surface area contributed by atoms with Crippen LogP contribution < -0.4 is 5.32 Å². The Hall–Kier alpha value is -0.110. The van der Waals surface area contributed by atoms with E-state index in [1.807, 2.05) is 0 Å². The van der Waals surface area contributed by atoms with Crippen LogP contribution >= 0.6 is 0 Å². The van der Waals surface area contributed by atoms with Crippen LogP contribution in [-0.4, -0.2) is 19.3 Å². The van der Waals surface area contributed by atoms with Crippen molar-refractivity contribution in [2.45, 2.75) is 32.4 Å². The van der Waals surface area contributed by atoms with Crippen molar-refractivity contribution in [3.05, 3.63) is 0 Å². The van der Waals surface area contributed by atoms with E-state index < -0.39 is 6.17 Å². The summed E-state index contributed by atoms with van der Waals surface area (Å²) in [5, 5.41) is 3.06. The highest BCUT2D eigenvalue weighted by molar-refractivity contribution is 4.80. The summed E-state index contributed by atoms with van der Waals surface area (Å²) in [6, 6.07) is 0. The van der Waals surface area contributed by atoms with E-state index in [2.05, 4.69) is 12.2 Å². The average molecular weight is 145 g/mol. The first-order valence-corrected chi connectivity index (χ1v) is 4.19. The SMILES string of the molecule is CCCC[C@H]1CNC[C@H]1F. The zero-order valence-corrected chi connectivity index (χ0v) is 6.57. The Kier molecular flexibility index (Phi) is 3.13. The van der Waals surface area contributed by atoms with Gasteiger partial charge in [-0.05, 0) is 6.42 Å². The van der Waals surface area contributed by atoms with E-state index in [0.717, 1.165) is 13.0 Å². The van der Waals surface area contributed by atoms with Crippen molar-refractivity contribution in [1.82, 2.24) is 5.32 Å². The number of unbranched alkanes of at least 4 members (excludes halogenated alkanes) is 1. The number of nitrogens with one attached hydrogen (secondary N) is 1. The fraction of sp³-hybridized carbons (Fsp3) is 1.00. The highest BCUT2D eigenvalue weighted by Crippen LogP contribution is 2.18. The predicted molar refractivity (Wildman–Crippen MR) is 40.8 cm³/mol. The predicted octanol–water partition coefficient (Wildman–Crippen LogP) is 1.73. The molecule has 60 valence electrons. The molecule has 0 saturated carbocycles. The van der Waals surface area contributed by atoms with Gasteiger partial charge >= 0.3 is 0 Å². The molecular formula is C8H16FN. The van der Waals surface area contributed by atoms with Gasteiger partial charge in [-0.15, -0.1) is 0 Å². The molecule has 1 N–H and O–H groups in total. The molecule has 1 saturated heterocycles. The van der Waals surface area contributed by atoms with Crippen LogP contribution in [-0.2, 0) is 0 Å². The second-order valence-corrected chi connectivity index (χ2v) is 3.08. The largest absolute Gasteiger partial charge is 0.313 e. The normalized spacial score (nSPS) is 33.0. The average Bonchev–Trinajstić information content (AvgIpc) is 2.31. The van der Waals surface area contributed by atoms with Gasteiger partial charge in [0.2, 0.25) is 0 Å². The fourth-order valence-corrected chi connectivity index (χ4v) is 1.45. The first kappa shape index (κ1) is 7.99. The molecule has 0 bridgehead atoms. The Bertz CT molecular complexity index is 95.3. The molecule has 0 aromatic heterocycles. The van der Waals surface area contributed by atoms with Crippen molar-refractivity contribution in [1.29, 1.82) is 0 Å². The maximum atomic E-state index is 12.8. The third-order valence-corrected chi connectivity index (χ3v) is 2.19. The van der Waals surface area contributed by atoms with Crippen molar-refractivity contribution in [3.63, 3.8) is 0 Å². The summed E-state index contributed by atoms with van der Waals surface area (Å²) in [6.45, 7) is 3.62. The van der Waals surface area contributed by atoms with Gasteiger partial charge in [0.15, 0.2) is 0 Å². The first-order chi connectivity index (χ1) is 4.84. The van der Waals surface area contributed by atoms with E-state index in [9.17, 15) is 4.39 Å². The summed E-state index contributed by atoms with van der Waals surface area (Å²) in [5.74, 6) is 0.306. The van der Waals surface area contributed by atoms with Gasteiger partial charge in [-0.1, -0.05) is 19.8 Å². The molecule has 0 radical (unpaired) electrons. The van der Waals surface area contributed by atoms with Gasteiger partial charge in [-0.3, -0.25) is 0 Å². The number of hydrogen-bond acceptors (Lipinski definition) is 1. The monoisotopic (exact) mass is 145 g/mol. The number of halogens is 1. The maximum absolute atomic E-state index is 12.8. The van der Waals surface area contributed by atoms with E-state index in [1.165, 1.54) is 12.8 Å². The molecule has 1 heterocycles. The molecule has 0 amide bonds. The van der Waals surface area contributed by atoms with Gasteiger partial charge < -0.3 is 5.32 Å². The third kappa shape index (κ3) is 1.94. The van der Waals surface area contributed by atoms with E-state index >= 15 is 0 Å². The quantitative estimate of drug-likeness (QED) is 0.637. The second-order valence-electron chi connectivity index (χ2n) is 3.08. The van der Waals surface area contributed by atoms with E-state index in [1.54, 1.807) is 0 Å². The molecule has 0 aliphatic carbocycles. The van der Waals surface area contributed by atoms with Crippen LogP contribution in [0.2, 0.25) is 0 Å². The first-order valence-electron chi connectivity index (χ1n) is 4.19. The van der Waals surface area contributed by atoms with Crippen LogP contribution in [0, 0.1) is 5.92 Å². The minimum atomic E-state index is -0.577. The molecule has 1 nitrogen and oxygen atoms in total. The molecule has 0 aromatic carbocycles. The van der Waals surface area contributed by atoms with Crippen molar-refractivity contribution < 1.29 is 4.39 Å². The molecule has 0 spiro atoms. The molecule has 2 atom stereocenters.